The van der Waals surface area contributed by atoms with Crippen molar-refractivity contribution in [2.45, 2.75) is 45.0 Å². The lowest BCUT2D eigenvalue weighted by Gasteiger charge is -2.37. The third-order valence-electron chi connectivity index (χ3n) is 6.48. The molecule has 0 aliphatic carbocycles. The zero-order valence-electron chi connectivity index (χ0n) is 21.6. The summed E-state index contributed by atoms with van der Waals surface area (Å²) in [4.78, 5) is 0. The van der Waals surface area contributed by atoms with Crippen molar-refractivity contribution in [3.05, 3.63) is 41.5 Å². The Labute approximate surface area is 203 Å². The SMILES string of the molecule is COc1ccc(C2=CC(O)COc3c2cc(OC)c(OC)c3OC)cc1O[Si](C)(C)C(C)(C)C. The number of fused-ring (bicyclic) bond motifs is 1. The molecular weight excluding hydrogens is 452 g/mol. The van der Waals surface area contributed by atoms with Crippen LogP contribution in [0.5, 0.6) is 34.5 Å². The summed E-state index contributed by atoms with van der Waals surface area (Å²) in [5, 5.41) is 10.6. The van der Waals surface area contributed by atoms with Gasteiger partial charge in [0.1, 0.15) is 18.5 Å². The Balaban J connectivity index is 2.22. The second-order valence-corrected chi connectivity index (χ2v) is 14.4. The first-order valence-electron chi connectivity index (χ1n) is 11.2. The van der Waals surface area contributed by atoms with Crippen molar-refractivity contribution in [1.29, 1.82) is 0 Å². The Morgan fingerprint density at radius 1 is 0.882 bits per heavy atom. The second-order valence-electron chi connectivity index (χ2n) is 9.71. The first kappa shape index (κ1) is 25.8. The molecule has 186 valence electrons. The summed E-state index contributed by atoms with van der Waals surface area (Å²) in [7, 11) is 4.16. The molecule has 34 heavy (non-hydrogen) atoms. The number of hydrogen-bond donors (Lipinski definition) is 1. The minimum absolute atomic E-state index is 0.0174. The van der Waals surface area contributed by atoms with Crippen LogP contribution in [0.4, 0.5) is 0 Å². The smallest absolute Gasteiger partial charge is 0.250 e. The van der Waals surface area contributed by atoms with Gasteiger partial charge in [0, 0.05) is 5.56 Å². The van der Waals surface area contributed by atoms with Gasteiger partial charge in [-0.15, -0.1) is 0 Å². The van der Waals surface area contributed by atoms with E-state index in [1.165, 1.54) is 0 Å². The van der Waals surface area contributed by atoms with Crippen LogP contribution in [0.2, 0.25) is 18.1 Å². The maximum atomic E-state index is 10.6. The quantitative estimate of drug-likeness (QED) is 0.531. The fraction of sp³-hybridized carbons (Fsp3) is 0.462. The molecule has 0 radical (unpaired) electrons. The molecule has 0 saturated heterocycles. The van der Waals surface area contributed by atoms with Crippen LogP contribution in [0.3, 0.4) is 0 Å². The van der Waals surface area contributed by atoms with E-state index in [4.69, 9.17) is 28.1 Å². The zero-order chi connectivity index (χ0) is 25.3. The highest BCUT2D eigenvalue weighted by molar-refractivity contribution is 6.74. The molecular formula is C26H36O7Si. The minimum Gasteiger partial charge on any atom is -0.541 e. The van der Waals surface area contributed by atoms with Crippen LogP contribution >= 0.6 is 0 Å². The molecule has 0 saturated carbocycles. The Kier molecular flexibility index (Phi) is 7.43. The highest BCUT2D eigenvalue weighted by Crippen LogP contribution is 2.51. The van der Waals surface area contributed by atoms with Crippen molar-refractivity contribution < 1.29 is 33.2 Å². The van der Waals surface area contributed by atoms with E-state index in [0.717, 1.165) is 16.7 Å². The third kappa shape index (κ3) is 4.83. The number of rotatable bonds is 7. The molecule has 7 nitrogen and oxygen atoms in total. The van der Waals surface area contributed by atoms with Gasteiger partial charge in [-0.1, -0.05) is 26.8 Å². The molecule has 2 aromatic carbocycles. The van der Waals surface area contributed by atoms with Crippen molar-refractivity contribution in [1.82, 2.24) is 0 Å². The van der Waals surface area contributed by atoms with Crippen molar-refractivity contribution in [3.63, 3.8) is 0 Å². The molecule has 0 spiro atoms. The third-order valence-corrected chi connectivity index (χ3v) is 10.8. The standard InChI is InChI=1S/C26H36O7Si/c1-26(2,3)34(8,9)33-21-12-16(10-11-20(21)28-4)18-13-17(27)15-32-23-19(18)14-22(29-5)24(30-6)25(23)31-7/h10-14,17,27H,15H2,1-9H3. The van der Waals surface area contributed by atoms with Crippen LogP contribution in [0.1, 0.15) is 31.9 Å². The fourth-order valence-electron chi connectivity index (χ4n) is 3.58. The van der Waals surface area contributed by atoms with E-state index in [1.54, 1.807) is 34.5 Å². The van der Waals surface area contributed by atoms with Gasteiger partial charge in [0.25, 0.3) is 8.32 Å². The van der Waals surface area contributed by atoms with Gasteiger partial charge in [0.15, 0.2) is 17.2 Å². The average molecular weight is 489 g/mol. The number of methoxy groups -OCH3 is 4. The largest absolute Gasteiger partial charge is 0.541 e. The summed E-state index contributed by atoms with van der Waals surface area (Å²) in [5.74, 6) is 3.13. The maximum absolute atomic E-state index is 10.6. The molecule has 8 heteroatoms. The van der Waals surface area contributed by atoms with Gasteiger partial charge in [0.2, 0.25) is 11.5 Å². The lowest BCUT2D eigenvalue weighted by molar-refractivity contribution is 0.143. The van der Waals surface area contributed by atoms with Crippen LogP contribution < -0.4 is 28.1 Å². The molecule has 2 aromatic rings. The molecule has 0 amide bonds. The first-order valence-corrected chi connectivity index (χ1v) is 14.1. The topological polar surface area (TPSA) is 75.6 Å². The van der Waals surface area contributed by atoms with E-state index in [-0.39, 0.29) is 11.6 Å². The van der Waals surface area contributed by atoms with E-state index in [9.17, 15) is 5.11 Å². The van der Waals surface area contributed by atoms with Crippen LogP contribution in [-0.4, -0.2) is 54.6 Å². The van der Waals surface area contributed by atoms with Crippen molar-refractivity contribution >= 4 is 13.9 Å². The van der Waals surface area contributed by atoms with E-state index in [0.29, 0.717) is 34.5 Å². The van der Waals surface area contributed by atoms with E-state index in [1.807, 2.05) is 24.3 Å². The van der Waals surface area contributed by atoms with E-state index < -0.39 is 14.4 Å². The number of ether oxygens (including phenoxy) is 5. The van der Waals surface area contributed by atoms with Crippen molar-refractivity contribution in [2.75, 3.05) is 35.0 Å². The lowest BCUT2D eigenvalue weighted by atomic mass is 9.95. The van der Waals surface area contributed by atoms with Crippen molar-refractivity contribution in [2.24, 2.45) is 0 Å². The zero-order valence-corrected chi connectivity index (χ0v) is 22.6. The van der Waals surface area contributed by atoms with Gasteiger partial charge < -0.3 is 33.2 Å². The van der Waals surface area contributed by atoms with Gasteiger partial charge >= 0.3 is 0 Å². The predicted molar refractivity (Wildman–Crippen MR) is 135 cm³/mol. The molecule has 3 rings (SSSR count). The average Bonchev–Trinajstić information content (AvgIpc) is 2.95. The number of aliphatic hydroxyl groups is 1. The normalized spacial score (nSPS) is 15.9. The Hall–Kier alpha value is -2.84. The van der Waals surface area contributed by atoms with Gasteiger partial charge in [-0.3, -0.25) is 0 Å². The molecule has 1 heterocycles. The molecule has 1 aliphatic heterocycles. The van der Waals surface area contributed by atoms with Crippen LogP contribution in [-0.2, 0) is 0 Å². The summed E-state index contributed by atoms with van der Waals surface area (Å²) < 4.78 is 34.9. The molecule has 1 unspecified atom stereocenters. The van der Waals surface area contributed by atoms with Crippen LogP contribution in [0.15, 0.2) is 30.3 Å². The van der Waals surface area contributed by atoms with Crippen molar-refractivity contribution in [3.8, 4) is 34.5 Å². The van der Waals surface area contributed by atoms with Gasteiger partial charge in [0.05, 0.1) is 28.4 Å². The highest BCUT2D eigenvalue weighted by atomic mass is 28.4. The summed E-state index contributed by atoms with van der Waals surface area (Å²) in [5.41, 5.74) is 2.33. The lowest BCUT2D eigenvalue weighted by Crippen LogP contribution is -2.43. The minimum atomic E-state index is -2.13. The first-order chi connectivity index (χ1) is 16.0. The molecule has 1 aliphatic rings. The summed E-state index contributed by atoms with van der Waals surface area (Å²) >= 11 is 0. The second kappa shape index (κ2) is 9.80. The van der Waals surface area contributed by atoms with E-state index in [2.05, 4.69) is 33.9 Å². The molecule has 0 bridgehead atoms. The van der Waals surface area contributed by atoms with Crippen LogP contribution in [0.25, 0.3) is 5.57 Å². The predicted octanol–water partition coefficient (Wildman–Crippen LogP) is 5.29. The number of hydrogen-bond acceptors (Lipinski definition) is 7. The van der Waals surface area contributed by atoms with Gasteiger partial charge in [-0.2, -0.15) is 0 Å². The summed E-state index contributed by atoms with van der Waals surface area (Å²) in [6.07, 6.45) is 0.950. The number of aliphatic hydroxyl groups excluding tert-OH is 1. The molecule has 0 fully saturated rings. The maximum Gasteiger partial charge on any atom is 0.250 e. The Morgan fingerprint density at radius 3 is 2.09 bits per heavy atom. The monoisotopic (exact) mass is 488 g/mol. The van der Waals surface area contributed by atoms with Gasteiger partial charge in [-0.05, 0) is 53.5 Å². The Bertz CT molecular complexity index is 1070. The molecule has 1 atom stereocenters. The van der Waals surface area contributed by atoms with Crippen LogP contribution in [0, 0.1) is 0 Å². The number of benzene rings is 2. The highest BCUT2D eigenvalue weighted by Gasteiger charge is 2.39. The summed E-state index contributed by atoms with van der Waals surface area (Å²) in [6, 6.07) is 7.61. The molecule has 1 N–H and O–H groups in total. The van der Waals surface area contributed by atoms with Gasteiger partial charge in [-0.25, -0.2) is 0 Å². The summed E-state index contributed by atoms with van der Waals surface area (Å²) in [6.45, 7) is 11.0. The fourth-order valence-corrected chi connectivity index (χ4v) is 4.59. The Morgan fingerprint density at radius 2 is 1.53 bits per heavy atom. The molecule has 0 aromatic heterocycles. The van der Waals surface area contributed by atoms with E-state index >= 15 is 0 Å².